The molecule has 0 spiro atoms. The number of likely N-dealkylation sites (tertiary alicyclic amines) is 1. The van der Waals surface area contributed by atoms with Crippen LogP contribution in [0.1, 0.15) is 32.6 Å². The molecule has 2 N–H and O–H groups in total. The minimum atomic E-state index is 0.115. The average Bonchev–Trinajstić information content (AvgIpc) is 2.45. The van der Waals surface area contributed by atoms with Gasteiger partial charge in [-0.05, 0) is 45.7 Å². The van der Waals surface area contributed by atoms with Crippen LogP contribution in [0.2, 0.25) is 0 Å². The van der Waals surface area contributed by atoms with Gasteiger partial charge in [-0.15, -0.1) is 0 Å². The molecule has 116 valence electrons. The van der Waals surface area contributed by atoms with Crippen molar-refractivity contribution in [2.24, 2.45) is 16.6 Å². The first kappa shape index (κ1) is 15.6. The Hall–Kier alpha value is -0.810. The Morgan fingerprint density at radius 2 is 2.10 bits per heavy atom. The van der Waals surface area contributed by atoms with Gasteiger partial charge in [0, 0.05) is 31.8 Å². The highest BCUT2D eigenvalue weighted by Crippen LogP contribution is 2.26. The van der Waals surface area contributed by atoms with Crippen LogP contribution in [0.4, 0.5) is 0 Å². The maximum absolute atomic E-state index is 6.21. The molecule has 1 atom stereocenters. The fraction of sp³-hybridized carbons (Fsp3) is 0.933. The van der Waals surface area contributed by atoms with E-state index in [1.165, 1.54) is 12.8 Å². The fourth-order valence-electron chi connectivity index (χ4n) is 3.22. The molecule has 0 radical (unpaired) electrons. The first-order valence-electron chi connectivity index (χ1n) is 7.83. The number of nitrogens with two attached hydrogens (primary N) is 1. The van der Waals surface area contributed by atoms with Crippen molar-refractivity contribution in [3.05, 3.63) is 0 Å². The van der Waals surface area contributed by atoms with Crippen molar-refractivity contribution >= 4 is 5.96 Å². The van der Waals surface area contributed by atoms with Gasteiger partial charge in [-0.2, -0.15) is 0 Å². The molecule has 0 amide bonds. The number of nitrogens with zero attached hydrogens (tertiary/aromatic N) is 3. The van der Waals surface area contributed by atoms with Gasteiger partial charge in [-0.1, -0.05) is 6.92 Å². The second-order valence-corrected chi connectivity index (χ2v) is 6.60. The van der Waals surface area contributed by atoms with Gasteiger partial charge in [-0.3, -0.25) is 4.99 Å². The molecule has 2 fully saturated rings. The van der Waals surface area contributed by atoms with E-state index in [9.17, 15) is 0 Å². The second-order valence-electron chi connectivity index (χ2n) is 6.60. The molecule has 1 unspecified atom stereocenters. The Kier molecular flexibility index (Phi) is 5.27. The lowest BCUT2D eigenvalue weighted by Crippen LogP contribution is -2.52. The first-order chi connectivity index (χ1) is 9.53. The number of hydrogen-bond donors (Lipinski definition) is 1. The van der Waals surface area contributed by atoms with Crippen molar-refractivity contribution in [3.63, 3.8) is 0 Å². The SMILES string of the molecule is CC1CCCN(C(N)=NCC2(N(C)C)CCOCC2)C1. The van der Waals surface area contributed by atoms with Crippen molar-refractivity contribution < 1.29 is 4.74 Å². The van der Waals surface area contributed by atoms with Crippen LogP contribution in [0.25, 0.3) is 0 Å². The van der Waals surface area contributed by atoms with Crippen LogP contribution in [0.15, 0.2) is 4.99 Å². The number of ether oxygens (including phenoxy) is 1. The van der Waals surface area contributed by atoms with E-state index in [4.69, 9.17) is 15.5 Å². The lowest BCUT2D eigenvalue weighted by molar-refractivity contribution is -0.00263. The Morgan fingerprint density at radius 3 is 2.70 bits per heavy atom. The zero-order valence-corrected chi connectivity index (χ0v) is 13.3. The highest BCUT2D eigenvalue weighted by atomic mass is 16.5. The Bertz CT molecular complexity index is 337. The number of rotatable bonds is 3. The van der Waals surface area contributed by atoms with Gasteiger partial charge in [-0.25, -0.2) is 0 Å². The molecule has 5 nitrogen and oxygen atoms in total. The number of likely N-dealkylation sites (N-methyl/N-ethyl adjacent to an activating group) is 1. The number of hydrogen-bond acceptors (Lipinski definition) is 3. The summed E-state index contributed by atoms with van der Waals surface area (Å²) in [6.07, 6.45) is 4.60. The van der Waals surface area contributed by atoms with Crippen molar-refractivity contribution in [1.82, 2.24) is 9.80 Å². The normalized spacial score (nSPS) is 27.9. The molecule has 2 heterocycles. The van der Waals surface area contributed by atoms with Gasteiger partial charge in [0.05, 0.1) is 6.54 Å². The standard InChI is InChI=1S/C15H30N4O/c1-13-5-4-8-19(11-13)14(16)17-12-15(18(2)3)6-9-20-10-7-15/h13H,4-12H2,1-3H3,(H2,16,17). The largest absolute Gasteiger partial charge is 0.381 e. The minimum absolute atomic E-state index is 0.115. The number of guanidine groups is 1. The molecular formula is C15H30N4O. The molecule has 0 aromatic rings. The summed E-state index contributed by atoms with van der Waals surface area (Å²) in [7, 11) is 4.28. The highest BCUT2D eigenvalue weighted by molar-refractivity contribution is 5.78. The lowest BCUT2D eigenvalue weighted by Gasteiger charge is -2.42. The summed E-state index contributed by atoms with van der Waals surface area (Å²) in [5.41, 5.74) is 6.33. The van der Waals surface area contributed by atoms with E-state index in [1.807, 2.05) is 0 Å². The molecule has 0 aliphatic carbocycles. The topological polar surface area (TPSA) is 54.1 Å². The number of piperidine rings is 1. The monoisotopic (exact) mass is 282 g/mol. The van der Waals surface area contributed by atoms with E-state index >= 15 is 0 Å². The fourth-order valence-corrected chi connectivity index (χ4v) is 3.22. The second kappa shape index (κ2) is 6.76. The molecule has 2 saturated heterocycles. The molecule has 0 saturated carbocycles. The Labute approximate surface area is 123 Å². The summed E-state index contributed by atoms with van der Waals surface area (Å²) in [5, 5.41) is 0. The maximum atomic E-state index is 6.21. The van der Waals surface area contributed by atoms with Crippen LogP contribution in [-0.2, 0) is 4.74 Å². The van der Waals surface area contributed by atoms with Crippen molar-refractivity contribution in [1.29, 1.82) is 0 Å². The van der Waals surface area contributed by atoms with Crippen LogP contribution in [0.3, 0.4) is 0 Å². The van der Waals surface area contributed by atoms with Crippen LogP contribution < -0.4 is 5.73 Å². The first-order valence-corrected chi connectivity index (χ1v) is 7.83. The molecule has 0 bridgehead atoms. The summed E-state index contributed by atoms with van der Waals surface area (Å²) < 4.78 is 5.50. The van der Waals surface area contributed by atoms with Gasteiger partial charge in [0.2, 0.25) is 0 Å². The summed E-state index contributed by atoms with van der Waals surface area (Å²) in [6, 6.07) is 0. The minimum Gasteiger partial charge on any atom is -0.381 e. The summed E-state index contributed by atoms with van der Waals surface area (Å²) in [4.78, 5) is 9.27. The van der Waals surface area contributed by atoms with E-state index in [2.05, 4.69) is 30.8 Å². The zero-order chi connectivity index (χ0) is 14.6. The predicted molar refractivity (Wildman–Crippen MR) is 82.9 cm³/mol. The van der Waals surface area contributed by atoms with Crippen LogP contribution in [-0.4, -0.2) is 68.2 Å². The van der Waals surface area contributed by atoms with E-state index in [0.29, 0.717) is 0 Å². The smallest absolute Gasteiger partial charge is 0.191 e. The van der Waals surface area contributed by atoms with Gasteiger partial charge >= 0.3 is 0 Å². The van der Waals surface area contributed by atoms with Gasteiger partial charge in [0.15, 0.2) is 5.96 Å². The third-order valence-corrected chi connectivity index (χ3v) is 4.89. The molecule has 0 aromatic heterocycles. The molecule has 2 rings (SSSR count). The van der Waals surface area contributed by atoms with Crippen LogP contribution in [0, 0.1) is 5.92 Å². The number of aliphatic imine (C=N–C) groups is 1. The van der Waals surface area contributed by atoms with Crippen molar-refractivity contribution in [2.75, 3.05) is 46.9 Å². The Balaban J connectivity index is 1.98. The zero-order valence-electron chi connectivity index (χ0n) is 13.3. The van der Waals surface area contributed by atoms with Crippen LogP contribution in [0.5, 0.6) is 0 Å². The molecule has 20 heavy (non-hydrogen) atoms. The lowest BCUT2D eigenvalue weighted by atomic mass is 9.89. The van der Waals surface area contributed by atoms with Gasteiger partial charge < -0.3 is 20.3 Å². The molecular weight excluding hydrogens is 252 g/mol. The highest BCUT2D eigenvalue weighted by Gasteiger charge is 2.34. The molecule has 0 aromatic carbocycles. The molecule has 5 heteroatoms. The van der Waals surface area contributed by atoms with E-state index in [-0.39, 0.29) is 5.54 Å². The van der Waals surface area contributed by atoms with Crippen LogP contribution >= 0.6 is 0 Å². The predicted octanol–water partition coefficient (Wildman–Crippen LogP) is 1.14. The molecule has 2 aliphatic rings. The Morgan fingerprint density at radius 1 is 1.40 bits per heavy atom. The van der Waals surface area contributed by atoms with Crippen molar-refractivity contribution in [2.45, 2.75) is 38.1 Å². The quantitative estimate of drug-likeness (QED) is 0.623. The molecule has 2 aliphatic heterocycles. The maximum Gasteiger partial charge on any atom is 0.191 e. The summed E-state index contributed by atoms with van der Waals surface area (Å²) >= 11 is 0. The average molecular weight is 282 g/mol. The summed E-state index contributed by atoms with van der Waals surface area (Å²) in [6.45, 7) is 6.83. The van der Waals surface area contributed by atoms with Gasteiger partial charge in [0.25, 0.3) is 0 Å². The van der Waals surface area contributed by atoms with E-state index in [1.54, 1.807) is 0 Å². The third kappa shape index (κ3) is 3.64. The summed E-state index contributed by atoms with van der Waals surface area (Å²) in [5.74, 6) is 1.45. The van der Waals surface area contributed by atoms with E-state index < -0.39 is 0 Å². The van der Waals surface area contributed by atoms with Crippen molar-refractivity contribution in [3.8, 4) is 0 Å². The van der Waals surface area contributed by atoms with E-state index in [0.717, 1.165) is 57.6 Å². The van der Waals surface area contributed by atoms with Gasteiger partial charge in [0.1, 0.15) is 0 Å². The third-order valence-electron chi connectivity index (χ3n) is 4.89.